The lowest BCUT2D eigenvalue weighted by molar-refractivity contribution is -0.554. The molecular weight excluding hydrogens is 571 g/mol. The molecule has 47 heavy (non-hydrogen) atoms. The predicted octanol–water partition coefficient (Wildman–Crippen LogP) is 10.8. The van der Waals surface area contributed by atoms with E-state index < -0.39 is 0 Å². The highest BCUT2D eigenvalue weighted by Gasteiger charge is 2.22. The zero-order chi connectivity index (χ0) is 31.2. The summed E-state index contributed by atoms with van der Waals surface area (Å²) >= 11 is 0. The Hall–Kier alpha value is -6.32. The van der Waals surface area contributed by atoms with E-state index in [-0.39, 0.29) is 0 Å². The molecule has 3 nitrogen and oxygen atoms in total. The van der Waals surface area contributed by atoms with Crippen LogP contribution < -0.4 is 4.57 Å². The van der Waals surface area contributed by atoms with Gasteiger partial charge in [-0.25, -0.2) is 9.97 Å². The zero-order valence-electron chi connectivity index (χ0n) is 25.6. The van der Waals surface area contributed by atoms with Crippen LogP contribution in [0.15, 0.2) is 176 Å². The number of aromatic nitrogens is 3. The lowest BCUT2D eigenvalue weighted by Crippen LogP contribution is -2.31. The van der Waals surface area contributed by atoms with Crippen LogP contribution >= 0.6 is 0 Å². The molecule has 0 fully saturated rings. The third-order valence-corrected chi connectivity index (χ3v) is 9.08. The first kappa shape index (κ1) is 27.0. The van der Waals surface area contributed by atoms with E-state index in [9.17, 15) is 0 Å². The number of hydrogen-bond acceptors (Lipinski definition) is 1. The molecule has 3 heteroatoms. The van der Waals surface area contributed by atoms with Gasteiger partial charge in [-0.05, 0) is 76.2 Å². The standard InChI is InChI=1S/C44H29N3/c1-4-14-30(15-5-1)37-28-39-38(29-41(32-16-6-2-7-17-32)45-43(39)36-21-11-10-20-35(36)37)31-24-26-33(27-25-31)44-46-40-22-12-13-23-42(40)47(44)34-18-8-3-9-19-34/h1-29H/p+1. The summed E-state index contributed by atoms with van der Waals surface area (Å²) in [5.74, 6) is 1.05. The number of rotatable bonds is 5. The lowest BCUT2D eigenvalue weighted by atomic mass is 9.91. The van der Waals surface area contributed by atoms with Crippen LogP contribution in [0.2, 0.25) is 0 Å². The summed E-state index contributed by atoms with van der Waals surface area (Å²) in [6.07, 6.45) is 0. The Morgan fingerprint density at radius 2 is 0.979 bits per heavy atom. The van der Waals surface area contributed by atoms with Crippen LogP contribution in [-0.2, 0) is 0 Å². The van der Waals surface area contributed by atoms with Crippen LogP contribution in [0.1, 0.15) is 0 Å². The van der Waals surface area contributed by atoms with Crippen molar-refractivity contribution in [2.24, 2.45) is 0 Å². The number of benzene rings is 7. The highest BCUT2D eigenvalue weighted by Crippen LogP contribution is 2.40. The van der Waals surface area contributed by atoms with E-state index in [1.165, 1.54) is 16.5 Å². The second kappa shape index (κ2) is 11.2. The van der Waals surface area contributed by atoms with Gasteiger partial charge in [-0.3, -0.25) is 0 Å². The topological polar surface area (TPSA) is 32.6 Å². The molecule has 7 aromatic carbocycles. The van der Waals surface area contributed by atoms with E-state index in [1.807, 2.05) is 0 Å². The van der Waals surface area contributed by atoms with Crippen molar-refractivity contribution in [3.8, 4) is 50.6 Å². The van der Waals surface area contributed by atoms with E-state index in [4.69, 9.17) is 4.98 Å². The van der Waals surface area contributed by atoms with Gasteiger partial charge in [0.05, 0.1) is 16.8 Å². The van der Waals surface area contributed by atoms with Gasteiger partial charge in [-0.15, -0.1) is 0 Å². The summed E-state index contributed by atoms with van der Waals surface area (Å²) in [5, 5.41) is 3.50. The van der Waals surface area contributed by atoms with Crippen LogP contribution in [0, 0.1) is 0 Å². The van der Waals surface area contributed by atoms with E-state index in [0.29, 0.717) is 0 Å². The van der Waals surface area contributed by atoms with Gasteiger partial charge >= 0.3 is 0 Å². The average molecular weight is 601 g/mol. The Balaban J connectivity index is 1.27. The highest BCUT2D eigenvalue weighted by molar-refractivity contribution is 6.16. The molecule has 2 aromatic heterocycles. The molecule has 0 aliphatic carbocycles. The maximum absolute atomic E-state index is 5.32. The quantitative estimate of drug-likeness (QED) is 0.155. The number of aromatic amines is 1. The van der Waals surface area contributed by atoms with Crippen molar-refractivity contribution in [1.29, 1.82) is 0 Å². The number of hydrogen-bond donors (Lipinski definition) is 1. The van der Waals surface area contributed by atoms with Gasteiger partial charge in [0, 0.05) is 16.3 Å². The Labute approximate surface area is 273 Å². The molecule has 0 spiro atoms. The summed E-state index contributed by atoms with van der Waals surface area (Å²) < 4.78 is 2.30. The molecule has 220 valence electrons. The maximum Gasteiger partial charge on any atom is 0.292 e. The van der Waals surface area contributed by atoms with E-state index >= 15 is 0 Å². The highest BCUT2D eigenvalue weighted by atomic mass is 15.1. The summed E-state index contributed by atoms with van der Waals surface area (Å²) in [4.78, 5) is 9.02. The third-order valence-electron chi connectivity index (χ3n) is 9.08. The fourth-order valence-electron chi connectivity index (χ4n) is 6.84. The fourth-order valence-corrected chi connectivity index (χ4v) is 6.84. The van der Waals surface area contributed by atoms with Crippen molar-refractivity contribution in [2.45, 2.75) is 0 Å². The molecule has 0 bridgehead atoms. The first-order chi connectivity index (χ1) is 23.3. The molecule has 1 N–H and O–H groups in total. The molecule has 0 unspecified atom stereocenters. The number of imidazole rings is 1. The minimum Gasteiger partial charge on any atom is -0.247 e. The fraction of sp³-hybridized carbons (Fsp3) is 0. The van der Waals surface area contributed by atoms with Gasteiger partial charge < -0.3 is 0 Å². The predicted molar refractivity (Wildman–Crippen MR) is 194 cm³/mol. The molecular formula is C44H30N3+. The molecule has 9 rings (SSSR count). The summed E-state index contributed by atoms with van der Waals surface area (Å²) in [5.41, 5.74) is 12.3. The number of nitrogens with zero attached hydrogens (tertiary/aromatic N) is 2. The van der Waals surface area contributed by atoms with Crippen LogP contribution in [-0.4, -0.2) is 9.97 Å². The van der Waals surface area contributed by atoms with Gasteiger partial charge in [0.25, 0.3) is 5.82 Å². The Morgan fingerprint density at radius 3 is 1.72 bits per heavy atom. The number of pyridine rings is 1. The van der Waals surface area contributed by atoms with Crippen molar-refractivity contribution in [2.75, 3.05) is 0 Å². The maximum atomic E-state index is 5.32. The molecule has 0 amide bonds. The Kier molecular flexibility index (Phi) is 6.46. The number of H-pyrrole nitrogens is 1. The van der Waals surface area contributed by atoms with Crippen molar-refractivity contribution >= 4 is 32.7 Å². The Morgan fingerprint density at radius 1 is 0.426 bits per heavy atom. The monoisotopic (exact) mass is 600 g/mol. The smallest absolute Gasteiger partial charge is 0.247 e. The van der Waals surface area contributed by atoms with E-state index in [0.717, 1.165) is 66.8 Å². The van der Waals surface area contributed by atoms with Gasteiger partial charge in [-0.2, -0.15) is 4.57 Å². The SMILES string of the molecule is c1ccc(-c2cc(-c3ccc(-c4[nH]c5ccccc5[n+]4-c4ccccc4)cc3)c3cc(-c4ccccc4)c4ccccc4c3n2)cc1. The molecule has 0 saturated carbocycles. The third kappa shape index (κ3) is 4.68. The number of nitrogens with one attached hydrogen (secondary N) is 1. The van der Waals surface area contributed by atoms with E-state index in [2.05, 4.69) is 185 Å². The molecule has 0 saturated heterocycles. The average Bonchev–Trinajstić information content (AvgIpc) is 3.55. The molecule has 2 heterocycles. The van der Waals surface area contributed by atoms with Crippen molar-refractivity contribution in [3.63, 3.8) is 0 Å². The van der Waals surface area contributed by atoms with E-state index in [1.54, 1.807) is 0 Å². The minimum atomic E-state index is 0.965. The van der Waals surface area contributed by atoms with Crippen molar-refractivity contribution < 1.29 is 4.57 Å². The molecule has 0 aliphatic heterocycles. The van der Waals surface area contributed by atoms with Gasteiger partial charge in [0.2, 0.25) is 0 Å². The van der Waals surface area contributed by atoms with Crippen LogP contribution in [0.3, 0.4) is 0 Å². The number of fused-ring (bicyclic) bond motifs is 4. The van der Waals surface area contributed by atoms with Crippen LogP contribution in [0.25, 0.3) is 83.3 Å². The molecule has 0 radical (unpaired) electrons. The summed E-state index contributed by atoms with van der Waals surface area (Å²) in [6.45, 7) is 0. The number of para-hydroxylation sites is 3. The summed E-state index contributed by atoms with van der Waals surface area (Å²) in [6, 6.07) is 62.4. The Bertz CT molecular complexity index is 2530. The first-order valence-corrected chi connectivity index (χ1v) is 16.0. The van der Waals surface area contributed by atoms with Crippen molar-refractivity contribution in [3.05, 3.63) is 176 Å². The lowest BCUT2D eigenvalue weighted by Gasteiger charge is -2.16. The second-order valence-electron chi connectivity index (χ2n) is 11.9. The van der Waals surface area contributed by atoms with Gasteiger partial charge in [0.1, 0.15) is 5.69 Å². The minimum absolute atomic E-state index is 0.965. The normalized spacial score (nSPS) is 11.4. The largest absolute Gasteiger partial charge is 0.292 e. The van der Waals surface area contributed by atoms with Crippen LogP contribution in [0.5, 0.6) is 0 Å². The molecule has 0 aliphatic rings. The first-order valence-electron chi connectivity index (χ1n) is 16.0. The molecule has 9 aromatic rings. The van der Waals surface area contributed by atoms with Gasteiger partial charge in [-0.1, -0.05) is 127 Å². The van der Waals surface area contributed by atoms with Crippen LogP contribution in [0.4, 0.5) is 0 Å². The zero-order valence-corrected chi connectivity index (χ0v) is 25.6. The summed E-state index contributed by atoms with van der Waals surface area (Å²) in [7, 11) is 0. The van der Waals surface area contributed by atoms with Gasteiger partial charge in [0.15, 0.2) is 11.0 Å². The molecule has 0 atom stereocenters. The van der Waals surface area contributed by atoms with Crippen molar-refractivity contribution in [1.82, 2.24) is 9.97 Å². The second-order valence-corrected chi connectivity index (χ2v) is 11.9.